The van der Waals surface area contributed by atoms with Crippen LogP contribution < -0.4 is 10.6 Å². The number of hydrogen-bond acceptors (Lipinski definition) is 4. The number of nitrogens with zero attached hydrogens (tertiary/aromatic N) is 1. The number of nitrogens with one attached hydrogen (secondary N) is 2. The Bertz CT molecular complexity index is 1200. The third-order valence-corrected chi connectivity index (χ3v) is 8.99. The number of carbonyl (C=O) groups is 2. The van der Waals surface area contributed by atoms with Gasteiger partial charge in [0.25, 0.3) is 5.91 Å². The van der Waals surface area contributed by atoms with E-state index in [2.05, 4.69) is 57.3 Å². The zero-order valence-electron chi connectivity index (χ0n) is 19.7. The van der Waals surface area contributed by atoms with E-state index in [-0.39, 0.29) is 35.9 Å². The Morgan fingerprint density at radius 2 is 1.71 bits per heavy atom. The molecule has 2 amide bonds. The van der Waals surface area contributed by atoms with Crippen LogP contribution in [0, 0.1) is 11.8 Å². The molecular weight excluding hydrogens is 454 g/mol. The van der Waals surface area contributed by atoms with Gasteiger partial charge in [0, 0.05) is 34.6 Å². The van der Waals surface area contributed by atoms with Gasteiger partial charge < -0.3 is 15.5 Å². The van der Waals surface area contributed by atoms with Crippen molar-refractivity contribution in [3.63, 3.8) is 0 Å². The van der Waals surface area contributed by atoms with Crippen molar-refractivity contribution in [2.45, 2.75) is 50.2 Å². The number of rotatable bonds is 4. The molecular formula is C29H31N3O2S. The van der Waals surface area contributed by atoms with E-state index >= 15 is 0 Å². The van der Waals surface area contributed by atoms with E-state index in [1.807, 2.05) is 30.3 Å². The molecule has 2 fully saturated rings. The average molecular weight is 486 g/mol. The van der Waals surface area contributed by atoms with Crippen LogP contribution in [0.2, 0.25) is 0 Å². The summed E-state index contributed by atoms with van der Waals surface area (Å²) in [6.07, 6.45) is 4.75. The Morgan fingerprint density at radius 3 is 2.54 bits per heavy atom. The molecule has 1 aromatic heterocycles. The van der Waals surface area contributed by atoms with Crippen molar-refractivity contribution in [3.05, 3.63) is 88.1 Å². The molecule has 3 aromatic rings. The number of likely N-dealkylation sites (tertiary alicyclic amines) is 1. The normalized spacial score (nSPS) is 27.4. The summed E-state index contributed by atoms with van der Waals surface area (Å²) in [6, 6.07) is 22.3. The number of hydrogen-bond donors (Lipinski definition) is 2. The SMILES string of the molecule is O=C(N[C@@H]1CCCC[C@@H]1C(=O)N1CCC2C(c3cccs3)Nc3ccccc3C21)c1ccccc1. The maximum absolute atomic E-state index is 14.1. The molecule has 2 aliphatic heterocycles. The van der Waals surface area contributed by atoms with E-state index < -0.39 is 0 Å². The standard InChI is InChI=1S/C29H31N3O2S/c33-28(19-9-2-1-3-10-19)31-24-14-7-5-12-21(24)29(34)32-17-16-22-26(25-15-8-18-35-25)30-23-13-6-4-11-20(23)27(22)32/h1-4,6,8-11,13,15,18,21-22,24,26-27,30H,5,7,12,14,16-17H2,(H,31,33)/t21-,22?,24+,26?,27?/m0/s1. The third-order valence-electron chi connectivity index (χ3n) is 8.03. The Labute approximate surface area is 210 Å². The van der Waals surface area contributed by atoms with Gasteiger partial charge in [0.2, 0.25) is 5.91 Å². The van der Waals surface area contributed by atoms with Gasteiger partial charge in [0.1, 0.15) is 0 Å². The second-order valence-electron chi connectivity index (χ2n) is 9.99. The molecule has 3 heterocycles. The summed E-state index contributed by atoms with van der Waals surface area (Å²) in [6.45, 7) is 0.766. The summed E-state index contributed by atoms with van der Waals surface area (Å²) >= 11 is 1.78. The van der Waals surface area contributed by atoms with E-state index in [0.29, 0.717) is 11.5 Å². The van der Waals surface area contributed by atoms with E-state index in [1.165, 1.54) is 10.4 Å². The van der Waals surface area contributed by atoms with Crippen molar-refractivity contribution < 1.29 is 9.59 Å². The molecule has 35 heavy (non-hydrogen) atoms. The van der Waals surface area contributed by atoms with Crippen molar-refractivity contribution in [3.8, 4) is 0 Å². The number of thiophene rings is 1. The van der Waals surface area contributed by atoms with Gasteiger partial charge in [-0.2, -0.15) is 0 Å². The molecule has 6 heteroatoms. The molecule has 5 atom stereocenters. The molecule has 0 bridgehead atoms. The number of para-hydroxylation sites is 1. The first-order valence-corrected chi connectivity index (χ1v) is 13.6. The lowest BCUT2D eigenvalue weighted by Crippen LogP contribution is -2.50. The fourth-order valence-corrected chi connectivity index (χ4v) is 7.23. The average Bonchev–Trinajstić information content (AvgIpc) is 3.60. The van der Waals surface area contributed by atoms with Crippen LogP contribution in [0.3, 0.4) is 0 Å². The van der Waals surface area contributed by atoms with Crippen molar-refractivity contribution >= 4 is 28.8 Å². The Morgan fingerprint density at radius 1 is 0.914 bits per heavy atom. The Hall–Kier alpha value is -3.12. The van der Waals surface area contributed by atoms with E-state index in [1.54, 1.807) is 11.3 Å². The summed E-state index contributed by atoms with van der Waals surface area (Å²) in [5.41, 5.74) is 3.00. The molecule has 0 spiro atoms. The molecule has 1 saturated heterocycles. The van der Waals surface area contributed by atoms with Crippen LogP contribution in [0.15, 0.2) is 72.1 Å². The van der Waals surface area contributed by atoms with Crippen LogP contribution in [-0.4, -0.2) is 29.3 Å². The predicted octanol–water partition coefficient (Wildman–Crippen LogP) is 5.79. The molecule has 6 rings (SSSR count). The van der Waals surface area contributed by atoms with Crippen molar-refractivity contribution in [2.75, 3.05) is 11.9 Å². The first kappa shape index (κ1) is 22.4. The second-order valence-corrected chi connectivity index (χ2v) is 11.0. The van der Waals surface area contributed by atoms with E-state index in [4.69, 9.17) is 0 Å². The lowest BCUT2D eigenvalue weighted by Gasteiger charge is -2.41. The van der Waals surface area contributed by atoms with Gasteiger partial charge in [-0.25, -0.2) is 0 Å². The highest BCUT2D eigenvalue weighted by molar-refractivity contribution is 7.10. The van der Waals surface area contributed by atoms with Crippen molar-refractivity contribution in [2.24, 2.45) is 11.8 Å². The monoisotopic (exact) mass is 485 g/mol. The van der Waals surface area contributed by atoms with E-state index in [9.17, 15) is 9.59 Å². The summed E-state index contributed by atoms with van der Waals surface area (Å²) in [7, 11) is 0. The largest absolute Gasteiger partial charge is 0.377 e. The van der Waals surface area contributed by atoms with Crippen molar-refractivity contribution in [1.82, 2.24) is 10.2 Å². The zero-order chi connectivity index (χ0) is 23.8. The van der Waals surface area contributed by atoms with Crippen LogP contribution in [0.4, 0.5) is 5.69 Å². The van der Waals surface area contributed by atoms with Crippen LogP contribution >= 0.6 is 11.3 Å². The fraction of sp³-hybridized carbons (Fsp3) is 0.379. The minimum absolute atomic E-state index is 0.0689. The quantitative estimate of drug-likeness (QED) is 0.491. The molecule has 3 unspecified atom stereocenters. The third kappa shape index (κ3) is 4.14. The molecule has 3 aliphatic rings. The van der Waals surface area contributed by atoms with Crippen molar-refractivity contribution in [1.29, 1.82) is 0 Å². The number of benzene rings is 2. The highest BCUT2D eigenvalue weighted by Crippen LogP contribution is 2.52. The maximum atomic E-state index is 14.1. The minimum atomic E-state index is -0.169. The minimum Gasteiger partial charge on any atom is -0.377 e. The van der Waals surface area contributed by atoms with Gasteiger partial charge in [-0.3, -0.25) is 9.59 Å². The van der Waals surface area contributed by atoms with Gasteiger partial charge in [-0.1, -0.05) is 55.3 Å². The maximum Gasteiger partial charge on any atom is 0.251 e. The summed E-state index contributed by atoms with van der Waals surface area (Å²) in [4.78, 5) is 30.5. The Kier molecular flexibility index (Phi) is 6.06. The molecule has 2 N–H and O–H groups in total. The first-order valence-electron chi connectivity index (χ1n) is 12.8. The zero-order valence-corrected chi connectivity index (χ0v) is 20.5. The van der Waals surface area contributed by atoms with Crippen LogP contribution in [0.1, 0.15) is 65.0 Å². The number of anilines is 1. The van der Waals surface area contributed by atoms with E-state index in [0.717, 1.165) is 44.3 Å². The van der Waals surface area contributed by atoms with Crippen LogP contribution in [0.25, 0.3) is 0 Å². The summed E-state index contributed by atoms with van der Waals surface area (Å²) in [5, 5.41) is 9.12. The topological polar surface area (TPSA) is 61.4 Å². The molecule has 2 aromatic carbocycles. The summed E-state index contributed by atoms with van der Waals surface area (Å²) < 4.78 is 0. The molecule has 1 saturated carbocycles. The van der Waals surface area contributed by atoms with Gasteiger partial charge in [0.15, 0.2) is 0 Å². The van der Waals surface area contributed by atoms with Gasteiger partial charge in [0.05, 0.1) is 18.0 Å². The Balaban J connectivity index is 1.27. The fourth-order valence-electron chi connectivity index (χ4n) is 6.38. The lowest BCUT2D eigenvalue weighted by atomic mass is 9.80. The van der Waals surface area contributed by atoms with Gasteiger partial charge >= 0.3 is 0 Å². The molecule has 180 valence electrons. The molecule has 5 nitrogen and oxygen atoms in total. The van der Waals surface area contributed by atoms with Gasteiger partial charge in [-0.05, 0) is 54.5 Å². The van der Waals surface area contributed by atoms with Gasteiger partial charge in [-0.15, -0.1) is 11.3 Å². The number of fused-ring (bicyclic) bond motifs is 3. The second kappa shape index (κ2) is 9.50. The highest BCUT2D eigenvalue weighted by atomic mass is 32.1. The highest BCUT2D eigenvalue weighted by Gasteiger charge is 2.48. The molecule has 1 aliphatic carbocycles. The number of carbonyl (C=O) groups excluding carboxylic acids is 2. The van der Waals surface area contributed by atoms with Crippen LogP contribution in [-0.2, 0) is 4.79 Å². The number of amides is 2. The smallest absolute Gasteiger partial charge is 0.251 e. The predicted molar refractivity (Wildman–Crippen MR) is 139 cm³/mol. The summed E-state index contributed by atoms with van der Waals surface area (Å²) in [5.74, 6) is 0.294. The molecule has 0 radical (unpaired) electrons. The first-order chi connectivity index (χ1) is 17.2. The lowest BCUT2D eigenvalue weighted by molar-refractivity contribution is -0.138. The van der Waals surface area contributed by atoms with Crippen LogP contribution in [0.5, 0.6) is 0 Å².